The molecule has 1 aromatic rings. The quantitative estimate of drug-likeness (QED) is 0.715. The number of hydrogen-bond acceptors (Lipinski definition) is 5. The molecule has 23 heavy (non-hydrogen) atoms. The zero-order valence-electron chi connectivity index (χ0n) is 13.8. The number of unbranched alkanes of at least 4 members (excludes halogenated alkanes) is 1. The minimum atomic E-state index is 0.308. The molecule has 2 N–H and O–H groups in total. The van der Waals surface area contributed by atoms with Crippen LogP contribution in [0.15, 0.2) is 18.2 Å². The first kappa shape index (κ1) is 16.6. The monoisotopic (exact) mass is 320 g/mol. The van der Waals surface area contributed by atoms with Gasteiger partial charge in [-0.1, -0.05) is 6.07 Å². The van der Waals surface area contributed by atoms with Gasteiger partial charge in [0, 0.05) is 12.6 Å². The predicted molar refractivity (Wildman–Crippen MR) is 90.1 cm³/mol. The smallest absolute Gasteiger partial charge is 0.161 e. The second-order valence-corrected chi connectivity index (χ2v) is 6.38. The van der Waals surface area contributed by atoms with Crippen LogP contribution in [-0.2, 0) is 6.54 Å². The molecule has 2 aliphatic heterocycles. The fraction of sp³-hybridized carbons (Fsp3) is 0.667. The molecule has 1 unspecified atom stereocenters. The third kappa shape index (κ3) is 4.59. The Bertz CT molecular complexity index is 495. The Kier molecular flexibility index (Phi) is 6.13. The van der Waals surface area contributed by atoms with Crippen molar-refractivity contribution in [3.63, 3.8) is 0 Å². The molecule has 0 aromatic heterocycles. The molecule has 3 rings (SSSR count). The van der Waals surface area contributed by atoms with E-state index < -0.39 is 0 Å². The van der Waals surface area contributed by atoms with Crippen LogP contribution in [0, 0.1) is 0 Å². The summed E-state index contributed by atoms with van der Waals surface area (Å²) in [5.74, 6) is 1.71. The average molecular weight is 320 g/mol. The molecule has 2 heterocycles. The number of hydrogen-bond donors (Lipinski definition) is 2. The molecule has 2 aliphatic rings. The zero-order chi connectivity index (χ0) is 15.9. The van der Waals surface area contributed by atoms with Gasteiger partial charge in [0.25, 0.3) is 0 Å². The molecule has 0 saturated carbocycles. The first-order valence-corrected chi connectivity index (χ1v) is 8.81. The van der Waals surface area contributed by atoms with Gasteiger partial charge in [0.2, 0.25) is 0 Å². The van der Waals surface area contributed by atoms with E-state index in [0.29, 0.717) is 25.9 Å². The Labute approximate surface area is 138 Å². The number of aliphatic hydroxyl groups excluding tert-OH is 1. The standard InChI is InChI=1S/C18H28N2O3/c21-14-16-4-3-9-20(16)8-2-1-7-19-13-15-5-6-17-18(12-15)23-11-10-22-17/h5-6,12,16,19,21H,1-4,7-11,13-14H2. The van der Waals surface area contributed by atoms with E-state index in [9.17, 15) is 5.11 Å². The Balaban J connectivity index is 1.31. The molecular formula is C18H28N2O3. The fourth-order valence-electron chi connectivity index (χ4n) is 3.39. The van der Waals surface area contributed by atoms with Crippen LogP contribution < -0.4 is 14.8 Å². The number of rotatable bonds is 8. The van der Waals surface area contributed by atoms with Crippen molar-refractivity contribution in [2.75, 3.05) is 39.5 Å². The normalized spacial score (nSPS) is 20.8. The van der Waals surface area contributed by atoms with Crippen molar-refractivity contribution in [2.24, 2.45) is 0 Å². The van der Waals surface area contributed by atoms with Crippen LogP contribution in [0.4, 0.5) is 0 Å². The lowest BCUT2D eigenvalue weighted by molar-refractivity contribution is 0.157. The van der Waals surface area contributed by atoms with Gasteiger partial charge in [-0.3, -0.25) is 4.90 Å². The Hall–Kier alpha value is -1.30. The van der Waals surface area contributed by atoms with Crippen molar-refractivity contribution < 1.29 is 14.6 Å². The minimum absolute atomic E-state index is 0.308. The van der Waals surface area contributed by atoms with E-state index >= 15 is 0 Å². The molecule has 5 heteroatoms. The Morgan fingerprint density at radius 2 is 2.04 bits per heavy atom. The van der Waals surface area contributed by atoms with Crippen LogP contribution in [-0.4, -0.2) is 55.5 Å². The molecule has 0 spiro atoms. The van der Waals surface area contributed by atoms with E-state index in [4.69, 9.17) is 9.47 Å². The van der Waals surface area contributed by atoms with E-state index in [1.807, 2.05) is 6.07 Å². The van der Waals surface area contributed by atoms with Crippen LogP contribution in [0.5, 0.6) is 11.5 Å². The minimum Gasteiger partial charge on any atom is -0.486 e. The van der Waals surface area contributed by atoms with E-state index in [0.717, 1.165) is 44.1 Å². The molecule has 0 aliphatic carbocycles. The number of aliphatic hydroxyl groups is 1. The van der Waals surface area contributed by atoms with E-state index in [1.165, 1.54) is 24.8 Å². The van der Waals surface area contributed by atoms with Gasteiger partial charge in [-0.05, 0) is 63.0 Å². The van der Waals surface area contributed by atoms with E-state index in [1.54, 1.807) is 0 Å². The summed E-state index contributed by atoms with van der Waals surface area (Å²) in [7, 11) is 0. The van der Waals surface area contributed by atoms with Crippen molar-refractivity contribution in [2.45, 2.75) is 38.3 Å². The molecule has 0 amide bonds. The predicted octanol–water partition coefficient (Wildman–Crippen LogP) is 1.78. The molecular weight excluding hydrogens is 292 g/mol. The fourth-order valence-corrected chi connectivity index (χ4v) is 3.39. The van der Waals surface area contributed by atoms with Crippen LogP contribution in [0.2, 0.25) is 0 Å². The number of likely N-dealkylation sites (tertiary alicyclic amines) is 1. The maximum atomic E-state index is 9.31. The lowest BCUT2D eigenvalue weighted by Gasteiger charge is -2.22. The SMILES string of the molecule is OCC1CCCN1CCCCNCc1ccc2c(c1)OCCO2. The first-order chi connectivity index (χ1) is 11.4. The lowest BCUT2D eigenvalue weighted by Crippen LogP contribution is -2.33. The first-order valence-electron chi connectivity index (χ1n) is 8.81. The van der Waals surface area contributed by atoms with Gasteiger partial charge in [0.15, 0.2) is 11.5 Å². The number of fused-ring (bicyclic) bond motifs is 1. The van der Waals surface area contributed by atoms with Crippen molar-refractivity contribution >= 4 is 0 Å². The summed E-state index contributed by atoms with van der Waals surface area (Å²) < 4.78 is 11.1. The zero-order valence-corrected chi connectivity index (χ0v) is 13.8. The molecule has 0 bridgehead atoms. The van der Waals surface area contributed by atoms with Crippen molar-refractivity contribution in [1.29, 1.82) is 0 Å². The summed E-state index contributed by atoms with van der Waals surface area (Å²) in [4.78, 5) is 2.43. The molecule has 0 radical (unpaired) electrons. The Morgan fingerprint density at radius 3 is 2.91 bits per heavy atom. The summed E-state index contributed by atoms with van der Waals surface area (Å²) in [6, 6.07) is 6.56. The molecule has 1 fully saturated rings. The van der Waals surface area contributed by atoms with Crippen LogP contribution in [0.25, 0.3) is 0 Å². The molecule has 1 atom stereocenters. The molecule has 1 aromatic carbocycles. The maximum Gasteiger partial charge on any atom is 0.161 e. The highest BCUT2D eigenvalue weighted by Crippen LogP contribution is 2.30. The molecule has 5 nitrogen and oxygen atoms in total. The molecule has 1 saturated heterocycles. The topological polar surface area (TPSA) is 54.0 Å². The third-order valence-electron chi connectivity index (χ3n) is 4.69. The summed E-state index contributed by atoms with van der Waals surface area (Å²) in [6.07, 6.45) is 4.73. The largest absolute Gasteiger partial charge is 0.486 e. The summed E-state index contributed by atoms with van der Waals surface area (Å²) in [6.45, 7) is 5.72. The lowest BCUT2D eigenvalue weighted by atomic mass is 10.2. The van der Waals surface area contributed by atoms with Crippen LogP contribution >= 0.6 is 0 Å². The highest BCUT2D eigenvalue weighted by molar-refractivity contribution is 5.43. The van der Waals surface area contributed by atoms with Gasteiger partial charge >= 0.3 is 0 Å². The van der Waals surface area contributed by atoms with Gasteiger partial charge in [0.1, 0.15) is 13.2 Å². The van der Waals surface area contributed by atoms with Gasteiger partial charge in [0.05, 0.1) is 6.61 Å². The van der Waals surface area contributed by atoms with Crippen molar-refractivity contribution in [3.8, 4) is 11.5 Å². The summed E-state index contributed by atoms with van der Waals surface area (Å²) in [5.41, 5.74) is 1.23. The highest BCUT2D eigenvalue weighted by Gasteiger charge is 2.22. The van der Waals surface area contributed by atoms with Gasteiger partial charge in [-0.25, -0.2) is 0 Å². The van der Waals surface area contributed by atoms with Gasteiger partial charge in [-0.2, -0.15) is 0 Å². The second kappa shape index (κ2) is 8.52. The Morgan fingerprint density at radius 1 is 1.17 bits per heavy atom. The number of ether oxygens (including phenoxy) is 2. The highest BCUT2D eigenvalue weighted by atomic mass is 16.6. The average Bonchev–Trinajstić information content (AvgIpc) is 3.05. The number of nitrogens with zero attached hydrogens (tertiary/aromatic N) is 1. The van der Waals surface area contributed by atoms with Gasteiger partial charge in [-0.15, -0.1) is 0 Å². The van der Waals surface area contributed by atoms with Crippen molar-refractivity contribution in [3.05, 3.63) is 23.8 Å². The number of nitrogens with one attached hydrogen (secondary N) is 1. The van der Waals surface area contributed by atoms with Crippen molar-refractivity contribution in [1.82, 2.24) is 10.2 Å². The van der Waals surface area contributed by atoms with Crippen LogP contribution in [0.1, 0.15) is 31.2 Å². The molecule has 128 valence electrons. The van der Waals surface area contributed by atoms with E-state index in [2.05, 4.69) is 22.3 Å². The van der Waals surface area contributed by atoms with E-state index in [-0.39, 0.29) is 0 Å². The summed E-state index contributed by atoms with van der Waals surface area (Å²) >= 11 is 0. The van der Waals surface area contributed by atoms with Gasteiger partial charge < -0.3 is 19.9 Å². The summed E-state index contributed by atoms with van der Waals surface area (Å²) in [5, 5.41) is 12.8. The third-order valence-corrected chi connectivity index (χ3v) is 4.69. The van der Waals surface area contributed by atoms with Crippen LogP contribution in [0.3, 0.4) is 0 Å². The maximum absolute atomic E-state index is 9.31. The number of benzene rings is 1. The second-order valence-electron chi connectivity index (χ2n) is 6.38.